The Bertz CT molecular complexity index is 1470. The van der Waals surface area contributed by atoms with E-state index in [1.807, 2.05) is 86.6 Å². The van der Waals surface area contributed by atoms with Crippen LogP contribution in [-0.2, 0) is 36.8 Å². The van der Waals surface area contributed by atoms with Crippen molar-refractivity contribution in [1.82, 2.24) is 10.6 Å². The summed E-state index contributed by atoms with van der Waals surface area (Å²) >= 11 is 0. The molecule has 1 saturated heterocycles. The molecule has 1 aliphatic rings. The summed E-state index contributed by atoms with van der Waals surface area (Å²) in [5.74, 6) is 1.54. The first kappa shape index (κ1) is 38.6. The van der Waals surface area contributed by atoms with Crippen LogP contribution in [0.5, 0.6) is 17.2 Å². The SMILES string of the molecule is COc1ccccc1COCCCOc1ccc([C@@H]2[C@@H](OCCOc3ccccc3CCNC(C)=O)CNC[C@H]2OC(=O)[C@@H](N)C(C)C)cc1. The number of esters is 1. The number of benzene rings is 3. The molecule has 1 aliphatic heterocycles. The van der Waals surface area contributed by atoms with Gasteiger partial charge in [0.2, 0.25) is 5.91 Å². The van der Waals surface area contributed by atoms with Crippen LogP contribution in [0, 0.1) is 5.92 Å². The van der Waals surface area contributed by atoms with Crippen LogP contribution in [-0.4, -0.2) is 83.3 Å². The molecule has 0 aromatic heterocycles. The van der Waals surface area contributed by atoms with Crippen molar-refractivity contribution in [1.29, 1.82) is 0 Å². The van der Waals surface area contributed by atoms with Gasteiger partial charge in [0.05, 0.1) is 39.6 Å². The van der Waals surface area contributed by atoms with E-state index in [4.69, 9.17) is 34.2 Å². The number of methoxy groups -OCH3 is 1. The van der Waals surface area contributed by atoms with Gasteiger partial charge in [0.25, 0.3) is 0 Å². The molecule has 11 nitrogen and oxygen atoms in total. The molecule has 1 heterocycles. The van der Waals surface area contributed by atoms with E-state index >= 15 is 0 Å². The van der Waals surface area contributed by atoms with E-state index in [1.54, 1.807) is 7.11 Å². The lowest BCUT2D eigenvalue weighted by Crippen LogP contribution is -2.53. The third-order valence-corrected chi connectivity index (χ3v) is 8.58. The Hall–Kier alpha value is -4.16. The third kappa shape index (κ3) is 12.0. The standard InChI is InChI=1S/C39H53N3O8/c1-27(2)38(40)39(44)50-36-25-41-24-35(49-23-22-48-34-13-8-5-10-29(34)18-19-42-28(3)43)37(36)30-14-16-32(17-15-30)47-21-9-20-46-26-31-11-6-7-12-33(31)45-4/h5-8,10-17,27,35-38,41H,9,18-26,40H2,1-4H3,(H,42,43)/t35-,36+,37+,38-/m0/s1. The molecule has 0 bridgehead atoms. The molecule has 0 radical (unpaired) electrons. The predicted molar refractivity (Wildman–Crippen MR) is 192 cm³/mol. The van der Waals surface area contributed by atoms with Gasteiger partial charge in [0.15, 0.2) is 0 Å². The van der Waals surface area contributed by atoms with Gasteiger partial charge in [-0.2, -0.15) is 0 Å². The Morgan fingerprint density at radius 2 is 1.56 bits per heavy atom. The zero-order valence-corrected chi connectivity index (χ0v) is 29.7. The van der Waals surface area contributed by atoms with E-state index in [0.29, 0.717) is 59.1 Å². The van der Waals surface area contributed by atoms with E-state index in [2.05, 4.69) is 10.6 Å². The second-order valence-electron chi connectivity index (χ2n) is 12.7. The minimum absolute atomic E-state index is 0.0502. The Kier molecular flexibility index (Phi) is 15.8. The molecule has 50 heavy (non-hydrogen) atoms. The number of carbonyl (C=O) groups excluding carboxylic acids is 2. The van der Waals surface area contributed by atoms with E-state index in [9.17, 15) is 9.59 Å². The normalized spacial score (nSPS) is 17.9. The van der Waals surface area contributed by atoms with Gasteiger partial charge in [-0.05, 0) is 47.7 Å². The number of nitrogens with two attached hydrogens (primary N) is 1. The van der Waals surface area contributed by atoms with Gasteiger partial charge in [-0.25, -0.2) is 0 Å². The van der Waals surface area contributed by atoms with Crippen LogP contribution in [0.4, 0.5) is 0 Å². The van der Waals surface area contributed by atoms with E-state index in [1.165, 1.54) is 6.92 Å². The fourth-order valence-corrected chi connectivity index (χ4v) is 5.79. The highest BCUT2D eigenvalue weighted by molar-refractivity contribution is 5.76. The van der Waals surface area contributed by atoms with E-state index in [0.717, 1.165) is 40.4 Å². The predicted octanol–water partition coefficient (Wildman–Crippen LogP) is 4.41. The summed E-state index contributed by atoms with van der Waals surface area (Å²) in [5.41, 5.74) is 9.15. The molecular weight excluding hydrogens is 638 g/mol. The number of rotatable bonds is 20. The largest absolute Gasteiger partial charge is 0.496 e. The van der Waals surface area contributed by atoms with Crippen LogP contribution >= 0.6 is 0 Å². The Morgan fingerprint density at radius 3 is 2.28 bits per heavy atom. The third-order valence-electron chi connectivity index (χ3n) is 8.58. The number of ether oxygens (including phenoxy) is 6. The number of para-hydroxylation sites is 2. The Balaban J connectivity index is 1.33. The lowest BCUT2D eigenvalue weighted by molar-refractivity contribution is -0.156. The zero-order chi connectivity index (χ0) is 35.7. The maximum Gasteiger partial charge on any atom is 0.323 e. The summed E-state index contributed by atoms with van der Waals surface area (Å²) in [4.78, 5) is 24.2. The van der Waals surface area contributed by atoms with Crippen LogP contribution < -0.4 is 30.6 Å². The van der Waals surface area contributed by atoms with Crippen molar-refractivity contribution in [3.63, 3.8) is 0 Å². The van der Waals surface area contributed by atoms with E-state index in [-0.39, 0.29) is 23.8 Å². The highest BCUT2D eigenvalue weighted by Gasteiger charge is 2.38. The number of amides is 1. The van der Waals surface area contributed by atoms with Crippen LogP contribution in [0.1, 0.15) is 49.8 Å². The molecule has 4 rings (SSSR count). The summed E-state index contributed by atoms with van der Waals surface area (Å²) < 4.78 is 35.7. The molecule has 11 heteroatoms. The molecule has 272 valence electrons. The fraction of sp³-hybridized carbons (Fsp3) is 0.487. The fourth-order valence-electron chi connectivity index (χ4n) is 5.79. The van der Waals surface area contributed by atoms with Crippen LogP contribution in [0.3, 0.4) is 0 Å². The molecule has 0 aliphatic carbocycles. The minimum Gasteiger partial charge on any atom is -0.496 e. The monoisotopic (exact) mass is 691 g/mol. The van der Waals surface area contributed by atoms with Gasteiger partial charge in [-0.1, -0.05) is 62.4 Å². The summed E-state index contributed by atoms with van der Waals surface area (Å²) in [6.45, 7) is 9.10. The number of piperidine rings is 1. The van der Waals surface area contributed by atoms with Crippen molar-refractivity contribution in [2.45, 2.75) is 64.4 Å². The summed E-state index contributed by atoms with van der Waals surface area (Å²) in [5, 5.41) is 6.19. The highest BCUT2D eigenvalue weighted by Crippen LogP contribution is 2.32. The molecule has 3 aromatic rings. The first-order valence-corrected chi connectivity index (χ1v) is 17.4. The summed E-state index contributed by atoms with van der Waals surface area (Å²) in [7, 11) is 1.66. The van der Waals surface area contributed by atoms with Crippen LogP contribution in [0.25, 0.3) is 0 Å². The molecule has 0 saturated carbocycles. The quantitative estimate of drug-likeness (QED) is 0.115. The van der Waals surface area contributed by atoms with Gasteiger partial charge in [-0.15, -0.1) is 0 Å². The Labute approximate surface area is 296 Å². The molecule has 0 unspecified atom stereocenters. The molecule has 1 fully saturated rings. The minimum atomic E-state index is -0.717. The molecule has 3 aromatic carbocycles. The smallest absolute Gasteiger partial charge is 0.323 e. The van der Waals surface area contributed by atoms with Crippen LogP contribution in [0.2, 0.25) is 0 Å². The van der Waals surface area contributed by atoms with Gasteiger partial charge < -0.3 is 44.8 Å². The lowest BCUT2D eigenvalue weighted by atomic mass is 9.85. The maximum atomic E-state index is 13.0. The Morgan fingerprint density at radius 1 is 0.860 bits per heavy atom. The van der Waals surface area contributed by atoms with Crippen molar-refractivity contribution >= 4 is 11.9 Å². The van der Waals surface area contributed by atoms with E-state index < -0.39 is 18.1 Å². The van der Waals surface area contributed by atoms with Gasteiger partial charge in [0.1, 0.15) is 36.0 Å². The summed E-state index contributed by atoms with van der Waals surface area (Å²) in [6.07, 6.45) is 0.627. The first-order valence-electron chi connectivity index (χ1n) is 17.4. The van der Waals surface area contributed by atoms with Crippen molar-refractivity contribution in [2.24, 2.45) is 11.7 Å². The molecule has 0 spiro atoms. The second-order valence-corrected chi connectivity index (χ2v) is 12.7. The average molecular weight is 692 g/mol. The molecule has 1 amide bonds. The average Bonchev–Trinajstić information content (AvgIpc) is 3.12. The van der Waals surface area contributed by atoms with Gasteiger partial charge in [0, 0.05) is 44.5 Å². The number of hydrogen-bond donors (Lipinski definition) is 3. The van der Waals surface area contributed by atoms with Gasteiger partial charge in [-0.3, -0.25) is 9.59 Å². The maximum absolute atomic E-state index is 13.0. The van der Waals surface area contributed by atoms with Crippen LogP contribution in [0.15, 0.2) is 72.8 Å². The topological polar surface area (TPSA) is 140 Å². The lowest BCUT2D eigenvalue weighted by Gasteiger charge is -2.38. The highest BCUT2D eigenvalue weighted by atomic mass is 16.6. The summed E-state index contributed by atoms with van der Waals surface area (Å²) in [6, 6.07) is 22.8. The van der Waals surface area contributed by atoms with Crippen molar-refractivity contribution < 1.29 is 38.0 Å². The number of nitrogens with one attached hydrogen (secondary N) is 2. The van der Waals surface area contributed by atoms with Crippen molar-refractivity contribution in [3.05, 3.63) is 89.5 Å². The van der Waals surface area contributed by atoms with Crippen molar-refractivity contribution in [2.75, 3.05) is 53.2 Å². The van der Waals surface area contributed by atoms with Gasteiger partial charge >= 0.3 is 5.97 Å². The van der Waals surface area contributed by atoms with Crippen molar-refractivity contribution in [3.8, 4) is 17.2 Å². The molecule has 4 atom stereocenters. The number of hydrogen-bond acceptors (Lipinski definition) is 10. The number of carbonyl (C=O) groups is 2. The second kappa shape index (κ2) is 20.5. The molecular formula is C39H53N3O8. The molecule has 4 N–H and O–H groups in total. The zero-order valence-electron chi connectivity index (χ0n) is 29.7. The first-order chi connectivity index (χ1) is 24.3.